The molecule has 1 aromatic carbocycles. The number of carbonyl (C=O) groups is 1. The summed E-state index contributed by atoms with van der Waals surface area (Å²) in [5.41, 5.74) is 3.07. The summed E-state index contributed by atoms with van der Waals surface area (Å²) in [6.45, 7) is 8.84. The van der Waals surface area contributed by atoms with Gasteiger partial charge in [0.25, 0.3) is 0 Å². The quantitative estimate of drug-likeness (QED) is 0.860. The minimum atomic E-state index is -0.254. The van der Waals surface area contributed by atoms with Crippen molar-refractivity contribution in [3.05, 3.63) is 29.3 Å². The van der Waals surface area contributed by atoms with Crippen molar-refractivity contribution < 1.29 is 14.6 Å². The number of rotatable bonds is 5. The van der Waals surface area contributed by atoms with Crippen molar-refractivity contribution in [2.24, 2.45) is 5.41 Å². The Hall–Kier alpha value is -1.43. The number of nitrogens with zero attached hydrogens (tertiary/aromatic N) is 1. The Labute approximate surface area is 150 Å². The second-order valence-corrected chi connectivity index (χ2v) is 7.63. The molecular formula is C20H30N2O3. The van der Waals surface area contributed by atoms with E-state index in [4.69, 9.17) is 4.74 Å². The van der Waals surface area contributed by atoms with Crippen LogP contribution < -0.4 is 5.32 Å². The average molecular weight is 346 g/mol. The van der Waals surface area contributed by atoms with E-state index in [0.717, 1.165) is 49.2 Å². The molecular weight excluding hydrogens is 316 g/mol. The van der Waals surface area contributed by atoms with Gasteiger partial charge in [0.05, 0.1) is 18.8 Å². The molecule has 3 rings (SSSR count). The van der Waals surface area contributed by atoms with E-state index < -0.39 is 0 Å². The number of aryl methyl sites for hydroxylation is 2. The number of ether oxygens (including phenoxy) is 1. The molecule has 1 amide bonds. The van der Waals surface area contributed by atoms with E-state index in [2.05, 4.69) is 16.3 Å². The first-order valence-electron chi connectivity index (χ1n) is 9.33. The van der Waals surface area contributed by atoms with Crippen molar-refractivity contribution in [3.63, 3.8) is 0 Å². The molecule has 5 heteroatoms. The highest BCUT2D eigenvalue weighted by Crippen LogP contribution is 2.50. The van der Waals surface area contributed by atoms with E-state index in [-0.39, 0.29) is 23.5 Å². The Morgan fingerprint density at radius 2 is 1.92 bits per heavy atom. The second-order valence-electron chi connectivity index (χ2n) is 7.63. The summed E-state index contributed by atoms with van der Waals surface area (Å²) in [6, 6.07) is 6.08. The molecule has 1 heterocycles. The number of anilines is 1. The van der Waals surface area contributed by atoms with Crippen molar-refractivity contribution in [1.82, 2.24) is 4.90 Å². The number of aliphatic hydroxyl groups excluding tert-OH is 1. The molecule has 25 heavy (non-hydrogen) atoms. The normalized spacial score (nSPS) is 25.6. The highest BCUT2D eigenvalue weighted by molar-refractivity contribution is 5.92. The predicted molar refractivity (Wildman–Crippen MR) is 98.7 cm³/mol. The molecule has 2 atom stereocenters. The van der Waals surface area contributed by atoms with Gasteiger partial charge in [0.2, 0.25) is 5.91 Å². The molecule has 0 radical (unpaired) electrons. The zero-order chi connectivity index (χ0) is 18.0. The molecule has 2 fully saturated rings. The van der Waals surface area contributed by atoms with Crippen LogP contribution in [0.25, 0.3) is 0 Å². The number of nitrogens with one attached hydrogen (secondary N) is 1. The van der Waals surface area contributed by atoms with Gasteiger partial charge in [-0.15, -0.1) is 0 Å². The van der Waals surface area contributed by atoms with Crippen molar-refractivity contribution >= 4 is 11.6 Å². The van der Waals surface area contributed by atoms with Gasteiger partial charge >= 0.3 is 0 Å². The largest absolute Gasteiger partial charge is 0.392 e. The number of hydrogen-bond acceptors (Lipinski definition) is 4. The summed E-state index contributed by atoms with van der Waals surface area (Å²) in [4.78, 5) is 14.5. The van der Waals surface area contributed by atoms with Crippen LogP contribution in [0.5, 0.6) is 0 Å². The van der Waals surface area contributed by atoms with E-state index in [1.807, 2.05) is 32.9 Å². The molecule has 1 aromatic rings. The van der Waals surface area contributed by atoms with Gasteiger partial charge in [-0.1, -0.05) is 6.07 Å². The molecule has 5 nitrogen and oxygen atoms in total. The lowest BCUT2D eigenvalue weighted by Crippen LogP contribution is -2.62. The lowest BCUT2D eigenvalue weighted by molar-refractivity contribution is -0.209. The first-order chi connectivity index (χ1) is 11.9. The Bertz CT molecular complexity index is 601. The molecule has 1 aliphatic carbocycles. The molecule has 2 N–H and O–H groups in total. The van der Waals surface area contributed by atoms with E-state index in [1.54, 1.807) is 0 Å². The SMILES string of the molecule is CCOC1CC(O)C12CCN(CC(=O)Nc1cc(C)cc(C)c1)CC2. The lowest BCUT2D eigenvalue weighted by atomic mass is 9.58. The van der Waals surface area contributed by atoms with E-state index in [1.165, 1.54) is 0 Å². The maximum atomic E-state index is 12.4. The van der Waals surface area contributed by atoms with Gasteiger partial charge in [-0.2, -0.15) is 0 Å². The van der Waals surface area contributed by atoms with Crippen LogP contribution in [0.15, 0.2) is 18.2 Å². The van der Waals surface area contributed by atoms with Gasteiger partial charge in [-0.05, 0) is 70.0 Å². The summed E-state index contributed by atoms with van der Waals surface area (Å²) in [5.74, 6) is 0.0245. The first kappa shape index (κ1) is 18.4. The van der Waals surface area contributed by atoms with Crippen molar-refractivity contribution in [2.75, 3.05) is 31.6 Å². The molecule has 1 spiro atoms. The number of piperidine rings is 1. The van der Waals surface area contributed by atoms with E-state index >= 15 is 0 Å². The fourth-order valence-corrected chi connectivity index (χ4v) is 4.39. The lowest BCUT2D eigenvalue weighted by Gasteiger charge is -2.56. The zero-order valence-electron chi connectivity index (χ0n) is 15.5. The van der Waals surface area contributed by atoms with Crippen molar-refractivity contribution in [1.29, 1.82) is 0 Å². The topological polar surface area (TPSA) is 61.8 Å². The third-order valence-electron chi connectivity index (χ3n) is 5.77. The molecule has 2 unspecified atom stereocenters. The monoisotopic (exact) mass is 346 g/mol. The second kappa shape index (κ2) is 7.44. The summed E-state index contributed by atoms with van der Waals surface area (Å²) in [5, 5.41) is 13.3. The van der Waals surface area contributed by atoms with Crippen LogP contribution >= 0.6 is 0 Å². The summed E-state index contributed by atoms with van der Waals surface area (Å²) in [7, 11) is 0. The van der Waals surface area contributed by atoms with Crippen LogP contribution in [-0.4, -0.2) is 54.4 Å². The number of likely N-dealkylation sites (tertiary alicyclic amines) is 1. The third kappa shape index (κ3) is 3.89. The Morgan fingerprint density at radius 3 is 2.48 bits per heavy atom. The smallest absolute Gasteiger partial charge is 0.238 e. The van der Waals surface area contributed by atoms with Crippen LogP contribution in [0.3, 0.4) is 0 Å². The molecule has 0 bridgehead atoms. The summed E-state index contributed by atoms with van der Waals surface area (Å²) >= 11 is 0. The Kier molecular flexibility index (Phi) is 5.46. The van der Waals surface area contributed by atoms with Crippen LogP contribution in [0.2, 0.25) is 0 Å². The minimum Gasteiger partial charge on any atom is -0.392 e. The zero-order valence-corrected chi connectivity index (χ0v) is 15.5. The van der Waals surface area contributed by atoms with E-state index in [9.17, 15) is 9.90 Å². The van der Waals surface area contributed by atoms with Gasteiger partial charge in [0.15, 0.2) is 0 Å². The van der Waals surface area contributed by atoms with Gasteiger partial charge in [0, 0.05) is 24.1 Å². The highest BCUT2D eigenvalue weighted by atomic mass is 16.5. The van der Waals surface area contributed by atoms with Gasteiger partial charge in [-0.3, -0.25) is 9.69 Å². The maximum absolute atomic E-state index is 12.4. The van der Waals surface area contributed by atoms with Gasteiger partial charge in [0.1, 0.15) is 0 Å². The van der Waals surface area contributed by atoms with Gasteiger partial charge in [-0.25, -0.2) is 0 Å². The van der Waals surface area contributed by atoms with Crippen molar-refractivity contribution in [3.8, 4) is 0 Å². The standard InChI is InChI=1S/C20H30N2O3/c1-4-25-18-12-17(23)20(18)5-7-22(8-6-20)13-19(24)21-16-10-14(2)9-15(3)11-16/h9-11,17-18,23H,4-8,12-13H2,1-3H3,(H,21,24). The van der Waals surface area contributed by atoms with Crippen LogP contribution in [-0.2, 0) is 9.53 Å². The summed E-state index contributed by atoms with van der Waals surface area (Å²) < 4.78 is 5.80. The minimum absolute atomic E-state index is 0.0245. The first-order valence-corrected chi connectivity index (χ1v) is 9.33. The number of aliphatic hydroxyl groups is 1. The Balaban J connectivity index is 1.51. The average Bonchev–Trinajstić information content (AvgIpc) is 2.54. The van der Waals surface area contributed by atoms with Crippen LogP contribution in [0, 0.1) is 19.3 Å². The fraction of sp³-hybridized carbons (Fsp3) is 0.650. The molecule has 138 valence electrons. The van der Waals surface area contributed by atoms with Crippen LogP contribution in [0.4, 0.5) is 5.69 Å². The molecule has 1 saturated carbocycles. The predicted octanol–water partition coefficient (Wildman–Crippen LogP) is 2.49. The molecule has 1 aliphatic heterocycles. The number of carbonyl (C=O) groups excluding carboxylic acids is 1. The highest BCUT2D eigenvalue weighted by Gasteiger charge is 2.55. The number of benzene rings is 1. The molecule has 1 saturated heterocycles. The molecule has 2 aliphatic rings. The number of amides is 1. The fourth-order valence-electron chi connectivity index (χ4n) is 4.39. The third-order valence-corrected chi connectivity index (χ3v) is 5.77. The molecule has 0 aromatic heterocycles. The van der Waals surface area contributed by atoms with Crippen molar-refractivity contribution in [2.45, 2.75) is 52.2 Å². The maximum Gasteiger partial charge on any atom is 0.238 e. The van der Waals surface area contributed by atoms with Crippen LogP contribution in [0.1, 0.15) is 37.3 Å². The van der Waals surface area contributed by atoms with E-state index in [0.29, 0.717) is 13.2 Å². The number of hydrogen-bond donors (Lipinski definition) is 2. The Morgan fingerprint density at radius 1 is 1.28 bits per heavy atom. The van der Waals surface area contributed by atoms with Gasteiger partial charge < -0.3 is 15.2 Å². The summed E-state index contributed by atoms with van der Waals surface area (Å²) in [6.07, 6.45) is 2.47.